The fourth-order valence-electron chi connectivity index (χ4n) is 1.65. The zero-order chi connectivity index (χ0) is 13.5. The standard InChI is InChI=1S/C13H18ClFN2O/c1-3-17(4-2)13(18)9-16-8-10-5-6-11(14)12(15)7-10/h5-7,16H,3-4,8-9H2,1-2H3. The summed E-state index contributed by atoms with van der Waals surface area (Å²) in [7, 11) is 0. The summed E-state index contributed by atoms with van der Waals surface area (Å²) >= 11 is 5.59. The van der Waals surface area contributed by atoms with Gasteiger partial charge in [-0.3, -0.25) is 4.79 Å². The SMILES string of the molecule is CCN(CC)C(=O)CNCc1ccc(Cl)c(F)c1. The Bertz CT molecular complexity index is 408. The minimum Gasteiger partial charge on any atom is -0.342 e. The lowest BCUT2D eigenvalue weighted by Crippen LogP contribution is -2.37. The number of nitrogens with zero attached hydrogens (tertiary/aromatic N) is 1. The molecular weight excluding hydrogens is 255 g/mol. The van der Waals surface area contributed by atoms with Gasteiger partial charge in [-0.15, -0.1) is 0 Å². The largest absolute Gasteiger partial charge is 0.342 e. The number of carbonyl (C=O) groups excluding carboxylic acids is 1. The quantitative estimate of drug-likeness (QED) is 0.863. The molecule has 0 aliphatic carbocycles. The first-order valence-electron chi connectivity index (χ1n) is 6.00. The fraction of sp³-hybridized carbons (Fsp3) is 0.462. The van der Waals surface area contributed by atoms with E-state index in [1.54, 1.807) is 11.0 Å². The molecule has 1 aromatic carbocycles. The summed E-state index contributed by atoms with van der Waals surface area (Å²) in [5, 5.41) is 3.11. The minimum absolute atomic E-state index is 0.0504. The third-order valence-corrected chi connectivity index (χ3v) is 3.01. The van der Waals surface area contributed by atoms with Crippen LogP contribution in [0.15, 0.2) is 18.2 Å². The molecule has 0 saturated carbocycles. The Morgan fingerprint density at radius 2 is 2.06 bits per heavy atom. The lowest BCUT2D eigenvalue weighted by Gasteiger charge is -2.18. The first kappa shape index (κ1) is 14.9. The monoisotopic (exact) mass is 272 g/mol. The van der Waals surface area contributed by atoms with E-state index in [0.717, 1.165) is 5.56 Å². The number of hydrogen-bond donors (Lipinski definition) is 1. The molecule has 1 amide bonds. The van der Waals surface area contributed by atoms with Gasteiger partial charge >= 0.3 is 0 Å². The molecule has 0 aromatic heterocycles. The molecule has 5 heteroatoms. The van der Waals surface area contributed by atoms with Gasteiger partial charge in [-0.2, -0.15) is 0 Å². The van der Waals surface area contributed by atoms with E-state index < -0.39 is 5.82 Å². The molecule has 0 heterocycles. The van der Waals surface area contributed by atoms with E-state index in [9.17, 15) is 9.18 Å². The number of nitrogens with one attached hydrogen (secondary N) is 1. The number of likely N-dealkylation sites (N-methyl/N-ethyl adjacent to an activating group) is 1. The van der Waals surface area contributed by atoms with Gasteiger partial charge in [0.2, 0.25) is 5.91 Å². The predicted molar refractivity (Wildman–Crippen MR) is 71.0 cm³/mol. The second-order valence-electron chi connectivity index (χ2n) is 3.92. The van der Waals surface area contributed by atoms with Crippen LogP contribution in [0.3, 0.4) is 0 Å². The average molecular weight is 273 g/mol. The van der Waals surface area contributed by atoms with Gasteiger partial charge in [0.15, 0.2) is 0 Å². The predicted octanol–water partition coefficient (Wildman–Crippen LogP) is 2.44. The molecule has 0 spiro atoms. The number of halogens is 2. The average Bonchev–Trinajstić information content (AvgIpc) is 2.35. The molecule has 0 bridgehead atoms. The first-order chi connectivity index (χ1) is 8.58. The Balaban J connectivity index is 2.41. The molecule has 18 heavy (non-hydrogen) atoms. The summed E-state index contributed by atoms with van der Waals surface area (Å²) < 4.78 is 13.2. The number of hydrogen-bond acceptors (Lipinski definition) is 2. The van der Waals surface area contributed by atoms with Crippen LogP contribution in [0.2, 0.25) is 5.02 Å². The van der Waals surface area contributed by atoms with Gasteiger partial charge in [-0.1, -0.05) is 17.7 Å². The third kappa shape index (κ3) is 4.27. The van der Waals surface area contributed by atoms with Crippen molar-refractivity contribution in [2.75, 3.05) is 19.6 Å². The highest BCUT2D eigenvalue weighted by Crippen LogP contribution is 2.15. The second kappa shape index (κ2) is 7.34. The van der Waals surface area contributed by atoms with Crippen LogP contribution < -0.4 is 5.32 Å². The summed E-state index contributed by atoms with van der Waals surface area (Å²) in [6, 6.07) is 4.62. The van der Waals surface area contributed by atoms with Crippen LogP contribution in [0.25, 0.3) is 0 Å². The topological polar surface area (TPSA) is 32.3 Å². The summed E-state index contributed by atoms with van der Waals surface area (Å²) in [6.45, 7) is 5.98. The lowest BCUT2D eigenvalue weighted by molar-refractivity contribution is -0.129. The van der Waals surface area contributed by atoms with Crippen LogP contribution in [-0.2, 0) is 11.3 Å². The van der Waals surface area contributed by atoms with Gasteiger partial charge in [-0.05, 0) is 31.5 Å². The Morgan fingerprint density at radius 1 is 1.39 bits per heavy atom. The highest BCUT2D eigenvalue weighted by Gasteiger charge is 2.08. The van der Waals surface area contributed by atoms with Gasteiger partial charge < -0.3 is 10.2 Å². The smallest absolute Gasteiger partial charge is 0.236 e. The van der Waals surface area contributed by atoms with E-state index in [-0.39, 0.29) is 17.5 Å². The van der Waals surface area contributed by atoms with Gasteiger partial charge in [-0.25, -0.2) is 4.39 Å². The van der Waals surface area contributed by atoms with Crippen molar-refractivity contribution < 1.29 is 9.18 Å². The van der Waals surface area contributed by atoms with Gasteiger partial charge in [0.05, 0.1) is 11.6 Å². The van der Waals surface area contributed by atoms with Gasteiger partial charge in [0, 0.05) is 19.6 Å². The molecule has 1 aromatic rings. The number of amides is 1. The fourth-order valence-corrected chi connectivity index (χ4v) is 1.77. The van der Waals surface area contributed by atoms with Gasteiger partial charge in [0.25, 0.3) is 0 Å². The van der Waals surface area contributed by atoms with E-state index in [1.165, 1.54) is 12.1 Å². The van der Waals surface area contributed by atoms with Crippen LogP contribution in [0.1, 0.15) is 19.4 Å². The molecule has 0 atom stereocenters. The van der Waals surface area contributed by atoms with E-state index in [1.807, 2.05) is 13.8 Å². The summed E-state index contributed by atoms with van der Waals surface area (Å²) in [4.78, 5) is 13.4. The van der Waals surface area contributed by atoms with Crippen molar-refractivity contribution in [3.8, 4) is 0 Å². The van der Waals surface area contributed by atoms with Crippen molar-refractivity contribution in [2.45, 2.75) is 20.4 Å². The minimum atomic E-state index is -0.439. The van der Waals surface area contributed by atoms with Crippen molar-refractivity contribution >= 4 is 17.5 Å². The van der Waals surface area contributed by atoms with Crippen molar-refractivity contribution in [3.05, 3.63) is 34.6 Å². The van der Waals surface area contributed by atoms with E-state index in [4.69, 9.17) is 11.6 Å². The number of benzene rings is 1. The van der Waals surface area contributed by atoms with E-state index in [2.05, 4.69) is 5.32 Å². The number of rotatable bonds is 6. The van der Waals surface area contributed by atoms with Crippen molar-refractivity contribution in [2.24, 2.45) is 0 Å². The highest BCUT2D eigenvalue weighted by molar-refractivity contribution is 6.30. The maximum Gasteiger partial charge on any atom is 0.236 e. The third-order valence-electron chi connectivity index (χ3n) is 2.71. The Labute approximate surface area is 112 Å². The Kier molecular flexibility index (Phi) is 6.09. The molecule has 0 aliphatic heterocycles. The molecule has 1 N–H and O–H groups in total. The van der Waals surface area contributed by atoms with Crippen molar-refractivity contribution in [1.82, 2.24) is 10.2 Å². The van der Waals surface area contributed by atoms with Crippen LogP contribution >= 0.6 is 11.6 Å². The molecule has 0 fully saturated rings. The van der Waals surface area contributed by atoms with Crippen LogP contribution in [-0.4, -0.2) is 30.4 Å². The first-order valence-corrected chi connectivity index (χ1v) is 6.38. The van der Waals surface area contributed by atoms with E-state index in [0.29, 0.717) is 19.6 Å². The lowest BCUT2D eigenvalue weighted by atomic mass is 10.2. The summed E-state index contributed by atoms with van der Waals surface area (Å²) in [5.41, 5.74) is 0.768. The molecule has 0 unspecified atom stereocenters. The molecule has 1 rings (SSSR count). The normalized spacial score (nSPS) is 10.4. The molecule has 0 saturated heterocycles. The zero-order valence-corrected chi connectivity index (χ0v) is 11.4. The molecule has 0 radical (unpaired) electrons. The van der Waals surface area contributed by atoms with Crippen LogP contribution in [0, 0.1) is 5.82 Å². The van der Waals surface area contributed by atoms with Crippen LogP contribution in [0.5, 0.6) is 0 Å². The second-order valence-corrected chi connectivity index (χ2v) is 4.33. The highest BCUT2D eigenvalue weighted by atomic mass is 35.5. The maximum atomic E-state index is 13.2. The Morgan fingerprint density at radius 3 is 2.61 bits per heavy atom. The summed E-state index contributed by atoms with van der Waals surface area (Å²) in [6.07, 6.45) is 0. The molecule has 3 nitrogen and oxygen atoms in total. The molecule has 100 valence electrons. The summed E-state index contributed by atoms with van der Waals surface area (Å²) in [5.74, 6) is -0.388. The van der Waals surface area contributed by atoms with Crippen molar-refractivity contribution in [1.29, 1.82) is 0 Å². The number of carbonyl (C=O) groups is 1. The maximum absolute atomic E-state index is 13.2. The zero-order valence-electron chi connectivity index (χ0n) is 10.7. The van der Waals surface area contributed by atoms with Gasteiger partial charge in [0.1, 0.15) is 5.82 Å². The molecular formula is C13H18ClFN2O. The molecule has 0 aliphatic rings. The van der Waals surface area contributed by atoms with Crippen LogP contribution in [0.4, 0.5) is 4.39 Å². The van der Waals surface area contributed by atoms with E-state index >= 15 is 0 Å². The van der Waals surface area contributed by atoms with Crippen molar-refractivity contribution in [3.63, 3.8) is 0 Å². The Hall–Kier alpha value is -1.13.